The first kappa shape index (κ1) is 19.8. The Balaban J connectivity index is 1.83. The van der Waals surface area contributed by atoms with Crippen LogP contribution >= 0.6 is 24.0 Å². The zero-order chi connectivity index (χ0) is 20.3. The van der Waals surface area contributed by atoms with Crippen molar-refractivity contribution in [2.24, 2.45) is 0 Å². The van der Waals surface area contributed by atoms with E-state index in [2.05, 4.69) is 4.98 Å². The predicted molar refractivity (Wildman–Crippen MR) is 110 cm³/mol. The number of rotatable bonds is 6. The standard InChI is InChI=1S/C18H15N3O5S2/c1-3-20-17(22)15(28-18(20)27)9-11-4-6-13(14(8-11)25-2)26-16-7-5-12(10-19-16)21(23)24/h4-10H,3H2,1-2H3/b15-9-. The second-order valence-electron chi connectivity index (χ2n) is 5.55. The molecule has 8 nitrogen and oxygen atoms in total. The van der Waals surface area contributed by atoms with Gasteiger partial charge in [0.15, 0.2) is 11.5 Å². The number of ether oxygens (including phenoxy) is 2. The number of nitrogens with zero attached hydrogens (tertiary/aromatic N) is 3. The SMILES string of the molecule is CCN1C(=O)/C(=C/c2ccc(Oc3ccc([N+](=O)[O-])cn3)c(OC)c2)SC1=S. The summed E-state index contributed by atoms with van der Waals surface area (Å²) >= 11 is 6.47. The Hall–Kier alpha value is -2.98. The van der Waals surface area contributed by atoms with Crippen LogP contribution in [0.15, 0.2) is 41.4 Å². The maximum atomic E-state index is 12.3. The van der Waals surface area contributed by atoms with Crippen molar-refractivity contribution in [3.63, 3.8) is 0 Å². The van der Waals surface area contributed by atoms with Crippen molar-refractivity contribution in [2.45, 2.75) is 6.92 Å². The summed E-state index contributed by atoms with van der Waals surface area (Å²) in [6.07, 6.45) is 2.86. The lowest BCUT2D eigenvalue weighted by Crippen LogP contribution is -2.27. The van der Waals surface area contributed by atoms with Gasteiger partial charge in [-0.05, 0) is 30.7 Å². The average molecular weight is 417 g/mol. The van der Waals surface area contributed by atoms with E-state index in [0.717, 1.165) is 11.8 Å². The van der Waals surface area contributed by atoms with Crippen LogP contribution in [0.3, 0.4) is 0 Å². The number of amides is 1. The number of methoxy groups -OCH3 is 1. The van der Waals surface area contributed by atoms with Gasteiger partial charge in [0.1, 0.15) is 10.5 Å². The van der Waals surface area contributed by atoms with E-state index in [1.807, 2.05) is 6.92 Å². The molecule has 0 radical (unpaired) electrons. The van der Waals surface area contributed by atoms with Gasteiger partial charge in [-0.25, -0.2) is 4.98 Å². The fraction of sp³-hybridized carbons (Fsp3) is 0.167. The predicted octanol–water partition coefficient (Wildman–Crippen LogP) is 4.01. The topological polar surface area (TPSA) is 94.8 Å². The van der Waals surface area contributed by atoms with Crippen molar-refractivity contribution in [3.8, 4) is 17.4 Å². The van der Waals surface area contributed by atoms with Crippen LogP contribution < -0.4 is 9.47 Å². The second-order valence-corrected chi connectivity index (χ2v) is 7.23. The van der Waals surface area contributed by atoms with Crippen molar-refractivity contribution in [1.82, 2.24) is 9.88 Å². The lowest BCUT2D eigenvalue weighted by atomic mass is 10.2. The Bertz CT molecular complexity index is 976. The van der Waals surface area contributed by atoms with E-state index in [0.29, 0.717) is 27.3 Å². The highest BCUT2D eigenvalue weighted by Gasteiger charge is 2.30. The average Bonchev–Trinajstić information content (AvgIpc) is 2.95. The zero-order valence-corrected chi connectivity index (χ0v) is 16.6. The third-order valence-corrected chi connectivity index (χ3v) is 5.20. The second kappa shape index (κ2) is 8.36. The van der Waals surface area contributed by atoms with Gasteiger partial charge in [0.2, 0.25) is 5.88 Å². The number of aromatic nitrogens is 1. The Labute approximate surface area is 170 Å². The maximum absolute atomic E-state index is 12.3. The monoisotopic (exact) mass is 417 g/mol. The summed E-state index contributed by atoms with van der Waals surface area (Å²) in [4.78, 5) is 28.5. The first-order valence-electron chi connectivity index (χ1n) is 8.14. The van der Waals surface area contributed by atoms with Gasteiger partial charge in [0.05, 0.1) is 16.9 Å². The van der Waals surface area contributed by atoms with Crippen molar-refractivity contribution in [1.29, 1.82) is 0 Å². The summed E-state index contributed by atoms with van der Waals surface area (Å²) in [7, 11) is 1.49. The largest absolute Gasteiger partial charge is 0.493 e. The molecule has 2 aromatic rings. The molecule has 1 aromatic heterocycles. The number of carbonyl (C=O) groups is 1. The molecule has 0 bridgehead atoms. The first-order chi connectivity index (χ1) is 13.4. The molecular formula is C18H15N3O5S2. The van der Waals surface area contributed by atoms with Crippen LogP contribution in [0.4, 0.5) is 5.69 Å². The van der Waals surface area contributed by atoms with E-state index in [9.17, 15) is 14.9 Å². The van der Waals surface area contributed by atoms with Crippen LogP contribution in [-0.4, -0.2) is 38.7 Å². The normalized spacial score (nSPS) is 15.2. The number of thiocarbonyl (C=S) groups is 1. The zero-order valence-electron chi connectivity index (χ0n) is 14.9. The lowest BCUT2D eigenvalue weighted by Gasteiger charge is -2.11. The summed E-state index contributed by atoms with van der Waals surface area (Å²) in [6, 6.07) is 7.87. The van der Waals surface area contributed by atoms with Crippen molar-refractivity contribution in [2.75, 3.05) is 13.7 Å². The molecule has 3 rings (SSSR count). The molecule has 1 aliphatic heterocycles. The Morgan fingerprint density at radius 1 is 1.32 bits per heavy atom. The lowest BCUT2D eigenvalue weighted by molar-refractivity contribution is -0.385. The van der Waals surface area contributed by atoms with Crippen LogP contribution in [0.5, 0.6) is 17.4 Å². The molecule has 0 N–H and O–H groups in total. The van der Waals surface area contributed by atoms with Crippen molar-refractivity contribution in [3.05, 3.63) is 57.1 Å². The molecule has 1 saturated heterocycles. The Kier molecular flexibility index (Phi) is 5.90. The third kappa shape index (κ3) is 4.12. The molecule has 1 fully saturated rings. The number of pyridine rings is 1. The molecule has 0 spiro atoms. The van der Waals surface area contributed by atoms with Crippen LogP contribution in [0.2, 0.25) is 0 Å². The number of thioether (sulfide) groups is 1. The smallest absolute Gasteiger partial charge is 0.287 e. The molecule has 0 atom stereocenters. The molecular weight excluding hydrogens is 402 g/mol. The van der Waals surface area contributed by atoms with E-state index >= 15 is 0 Å². The summed E-state index contributed by atoms with van der Waals surface area (Å²) in [5.41, 5.74) is 0.622. The van der Waals surface area contributed by atoms with Crippen LogP contribution in [-0.2, 0) is 4.79 Å². The highest BCUT2D eigenvalue weighted by atomic mass is 32.2. The quantitative estimate of drug-likeness (QED) is 0.301. The molecule has 0 aliphatic carbocycles. The van der Waals surface area contributed by atoms with Gasteiger partial charge in [-0.15, -0.1) is 0 Å². The van der Waals surface area contributed by atoms with E-state index < -0.39 is 4.92 Å². The number of carbonyl (C=O) groups excluding carboxylic acids is 1. The molecule has 1 aromatic carbocycles. The Morgan fingerprint density at radius 3 is 2.68 bits per heavy atom. The van der Waals surface area contributed by atoms with Gasteiger partial charge in [0.25, 0.3) is 11.6 Å². The van der Waals surface area contributed by atoms with Crippen molar-refractivity contribution >= 4 is 46.0 Å². The first-order valence-corrected chi connectivity index (χ1v) is 9.37. The van der Waals surface area contributed by atoms with Crippen molar-refractivity contribution < 1.29 is 19.2 Å². The summed E-state index contributed by atoms with van der Waals surface area (Å²) in [6.45, 7) is 2.40. The molecule has 144 valence electrons. The number of nitro groups is 1. The Morgan fingerprint density at radius 2 is 2.11 bits per heavy atom. The van der Waals surface area contributed by atoms with Gasteiger partial charge in [-0.1, -0.05) is 30.0 Å². The molecule has 0 saturated carbocycles. The number of likely N-dealkylation sites (N-methyl/N-ethyl adjacent to an activating group) is 1. The van der Waals surface area contributed by atoms with Gasteiger partial charge < -0.3 is 9.47 Å². The van der Waals surface area contributed by atoms with Gasteiger partial charge >= 0.3 is 0 Å². The molecule has 1 aliphatic rings. The van der Waals surface area contributed by atoms with E-state index in [1.165, 1.54) is 31.0 Å². The minimum atomic E-state index is -0.534. The molecule has 0 unspecified atom stereocenters. The number of hydrogen-bond donors (Lipinski definition) is 0. The summed E-state index contributed by atoms with van der Waals surface area (Å²) in [5, 5.41) is 10.7. The highest BCUT2D eigenvalue weighted by Crippen LogP contribution is 2.35. The van der Waals surface area contributed by atoms with Crippen LogP contribution in [0.1, 0.15) is 12.5 Å². The third-order valence-electron chi connectivity index (χ3n) is 3.82. The molecule has 28 heavy (non-hydrogen) atoms. The molecule has 1 amide bonds. The minimum absolute atomic E-state index is 0.119. The van der Waals surface area contributed by atoms with Gasteiger partial charge in [-0.3, -0.25) is 19.8 Å². The van der Waals surface area contributed by atoms with Crippen LogP contribution in [0, 0.1) is 10.1 Å². The van der Waals surface area contributed by atoms with Gasteiger partial charge in [-0.2, -0.15) is 0 Å². The van der Waals surface area contributed by atoms with E-state index in [1.54, 1.807) is 29.2 Å². The van der Waals surface area contributed by atoms with Gasteiger partial charge in [0, 0.05) is 18.7 Å². The van der Waals surface area contributed by atoms with Crippen LogP contribution in [0.25, 0.3) is 6.08 Å². The number of benzene rings is 1. The highest BCUT2D eigenvalue weighted by molar-refractivity contribution is 8.26. The van der Waals surface area contributed by atoms with E-state index in [-0.39, 0.29) is 17.5 Å². The summed E-state index contributed by atoms with van der Waals surface area (Å²) in [5.74, 6) is 0.898. The fourth-order valence-corrected chi connectivity index (χ4v) is 3.82. The van der Waals surface area contributed by atoms with E-state index in [4.69, 9.17) is 21.7 Å². The summed E-state index contributed by atoms with van der Waals surface area (Å²) < 4.78 is 11.5. The molecule has 2 heterocycles. The number of hydrogen-bond acceptors (Lipinski definition) is 8. The minimum Gasteiger partial charge on any atom is -0.493 e. The maximum Gasteiger partial charge on any atom is 0.287 e. The molecule has 10 heteroatoms. The fourth-order valence-electron chi connectivity index (χ4n) is 2.44.